The summed E-state index contributed by atoms with van der Waals surface area (Å²) in [7, 11) is 2.16. The van der Waals surface area contributed by atoms with E-state index in [0.29, 0.717) is 16.7 Å². The smallest absolute Gasteiger partial charge is 0.228 e. The predicted molar refractivity (Wildman–Crippen MR) is 83.9 cm³/mol. The maximum atomic E-state index is 13.4. The van der Waals surface area contributed by atoms with Gasteiger partial charge >= 0.3 is 0 Å². The lowest BCUT2D eigenvalue weighted by Gasteiger charge is -2.65. The lowest BCUT2D eigenvalue weighted by molar-refractivity contribution is -0.180. The van der Waals surface area contributed by atoms with Gasteiger partial charge in [-0.2, -0.15) is 0 Å². The largest absolute Gasteiger partial charge is 0.340 e. The van der Waals surface area contributed by atoms with Crippen molar-refractivity contribution in [1.82, 2.24) is 9.80 Å². The summed E-state index contributed by atoms with van der Waals surface area (Å²) in [6.07, 6.45) is 7.62. The first-order valence-corrected chi connectivity index (χ1v) is 8.80. The molecule has 0 aromatic heterocycles. The summed E-state index contributed by atoms with van der Waals surface area (Å²) >= 11 is 0. The second kappa shape index (κ2) is 4.24. The van der Waals surface area contributed by atoms with Crippen molar-refractivity contribution in [1.29, 1.82) is 0 Å². The van der Waals surface area contributed by atoms with Gasteiger partial charge in [0.1, 0.15) is 0 Å². The minimum Gasteiger partial charge on any atom is -0.340 e. The second-order valence-electron chi connectivity index (χ2n) is 9.51. The zero-order valence-electron chi connectivity index (χ0n) is 14.0. The number of likely N-dealkylation sites (N-methyl/N-ethyl adjacent to an activating group) is 1. The summed E-state index contributed by atoms with van der Waals surface area (Å²) in [5.41, 5.74) is 0.881. The molecule has 5 aliphatic rings. The van der Waals surface area contributed by atoms with E-state index in [2.05, 4.69) is 30.7 Å². The fourth-order valence-corrected chi connectivity index (χ4v) is 7.03. The zero-order chi connectivity index (χ0) is 14.9. The lowest BCUT2D eigenvalue weighted by atomic mass is 9.40. The van der Waals surface area contributed by atoms with Crippen molar-refractivity contribution in [2.45, 2.75) is 52.4 Å². The van der Waals surface area contributed by atoms with E-state index in [-0.39, 0.29) is 5.41 Å². The Morgan fingerprint density at radius 3 is 2.00 bits per heavy atom. The number of carbonyl (C=O) groups is 1. The number of amides is 1. The Balaban J connectivity index is 1.60. The first-order chi connectivity index (χ1) is 9.82. The van der Waals surface area contributed by atoms with Crippen LogP contribution < -0.4 is 0 Å². The second-order valence-corrected chi connectivity index (χ2v) is 9.51. The molecule has 0 N–H and O–H groups in total. The van der Waals surface area contributed by atoms with E-state index in [4.69, 9.17) is 0 Å². The molecule has 2 atom stereocenters. The van der Waals surface area contributed by atoms with Crippen molar-refractivity contribution in [3.63, 3.8) is 0 Å². The summed E-state index contributed by atoms with van der Waals surface area (Å²) in [6, 6.07) is 0. The highest BCUT2D eigenvalue weighted by molar-refractivity contribution is 5.83. The van der Waals surface area contributed by atoms with Crippen molar-refractivity contribution in [3.05, 3.63) is 0 Å². The fraction of sp³-hybridized carbons (Fsp3) is 0.944. The van der Waals surface area contributed by atoms with Crippen LogP contribution in [0.2, 0.25) is 0 Å². The SMILES string of the molecule is CN1CCN(C(=O)C23CC4CC(C)(CC(C)(C4)C2)C3)CC1. The molecule has 1 saturated heterocycles. The van der Waals surface area contributed by atoms with E-state index in [9.17, 15) is 4.79 Å². The number of hydrogen-bond donors (Lipinski definition) is 0. The highest BCUT2D eigenvalue weighted by atomic mass is 16.2. The third kappa shape index (κ3) is 2.15. The van der Waals surface area contributed by atoms with Crippen LogP contribution in [-0.4, -0.2) is 48.9 Å². The standard InChI is InChI=1S/C18H30N2O/c1-16-8-14-9-17(2,11-16)13-18(10-14,12-16)15(21)20-6-4-19(3)5-7-20/h14H,4-13H2,1-3H3. The molecule has 0 aromatic rings. The van der Waals surface area contributed by atoms with Crippen molar-refractivity contribution >= 4 is 5.91 Å². The van der Waals surface area contributed by atoms with Crippen LogP contribution in [0.5, 0.6) is 0 Å². The van der Waals surface area contributed by atoms with Crippen molar-refractivity contribution in [2.75, 3.05) is 33.2 Å². The van der Waals surface area contributed by atoms with E-state index in [1.807, 2.05) is 0 Å². The highest BCUT2D eigenvalue weighted by Crippen LogP contribution is 2.69. The highest BCUT2D eigenvalue weighted by Gasteiger charge is 2.63. The molecular weight excluding hydrogens is 260 g/mol. The predicted octanol–water partition coefficient (Wildman–Crippen LogP) is 2.76. The van der Waals surface area contributed by atoms with Crippen LogP contribution in [0, 0.1) is 22.2 Å². The van der Waals surface area contributed by atoms with Gasteiger partial charge in [0.2, 0.25) is 5.91 Å². The van der Waals surface area contributed by atoms with Gasteiger partial charge in [-0.15, -0.1) is 0 Å². The summed E-state index contributed by atoms with van der Waals surface area (Å²) in [5, 5.41) is 0. The van der Waals surface area contributed by atoms with Crippen LogP contribution in [0.25, 0.3) is 0 Å². The molecule has 4 saturated carbocycles. The van der Waals surface area contributed by atoms with Crippen LogP contribution >= 0.6 is 0 Å². The van der Waals surface area contributed by atoms with E-state index in [1.165, 1.54) is 25.7 Å². The van der Waals surface area contributed by atoms with Crippen LogP contribution in [0.1, 0.15) is 52.4 Å². The Kier molecular flexibility index (Phi) is 2.84. The molecule has 5 fully saturated rings. The molecule has 0 spiro atoms. The number of hydrogen-bond acceptors (Lipinski definition) is 2. The van der Waals surface area contributed by atoms with Gasteiger partial charge in [0.05, 0.1) is 5.41 Å². The normalized spacial score (nSPS) is 49.7. The number of rotatable bonds is 1. The Bertz CT molecular complexity index is 448. The average Bonchev–Trinajstić information content (AvgIpc) is 2.34. The Morgan fingerprint density at radius 2 is 1.48 bits per heavy atom. The first kappa shape index (κ1) is 14.0. The van der Waals surface area contributed by atoms with Gasteiger partial charge in [0.15, 0.2) is 0 Å². The van der Waals surface area contributed by atoms with Crippen LogP contribution in [0.4, 0.5) is 0 Å². The van der Waals surface area contributed by atoms with Gasteiger partial charge < -0.3 is 9.80 Å². The monoisotopic (exact) mass is 290 g/mol. The van der Waals surface area contributed by atoms with Crippen LogP contribution in [0.15, 0.2) is 0 Å². The average molecular weight is 290 g/mol. The lowest BCUT2D eigenvalue weighted by Crippen LogP contribution is -2.62. The molecular formula is C18H30N2O. The summed E-state index contributed by atoms with van der Waals surface area (Å²) in [5.74, 6) is 1.32. The van der Waals surface area contributed by atoms with Gasteiger partial charge in [-0.3, -0.25) is 4.79 Å². The third-order valence-corrected chi connectivity index (χ3v) is 6.87. The summed E-state index contributed by atoms with van der Waals surface area (Å²) in [6.45, 7) is 8.88. The molecule has 1 heterocycles. The Hall–Kier alpha value is -0.570. The number of piperazine rings is 1. The molecule has 5 rings (SSSR count). The van der Waals surface area contributed by atoms with Crippen molar-refractivity contribution in [2.24, 2.45) is 22.2 Å². The fourth-order valence-electron chi connectivity index (χ4n) is 7.03. The molecule has 4 aliphatic carbocycles. The van der Waals surface area contributed by atoms with Gasteiger partial charge in [-0.05, 0) is 62.3 Å². The van der Waals surface area contributed by atoms with Crippen molar-refractivity contribution in [3.8, 4) is 0 Å². The molecule has 3 heteroatoms. The molecule has 1 aliphatic heterocycles. The molecule has 3 nitrogen and oxygen atoms in total. The molecule has 21 heavy (non-hydrogen) atoms. The molecule has 118 valence electrons. The van der Waals surface area contributed by atoms with E-state index in [0.717, 1.165) is 44.9 Å². The minimum absolute atomic E-state index is 0.00116. The molecule has 0 aromatic carbocycles. The number of carbonyl (C=O) groups excluding carboxylic acids is 1. The molecule has 1 amide bonds. The summed E-state index contributed by atoms with van der Waals surface area (Å²) in [4.78, 5) is 17.9. The van der Waals surface area contributed by atoms with Crippen molar-refractivity contribution < 1.29 is 4.79 Å². The first-order valence-electron chi connectivity index (χ1n) is 8.80. The topological polar surface area (TPSA) is 23.6 Å². The maximum Gasteiger partial charge on any atom is 0.228 e. The van der Waals surface area contributed by atoms with Gasteiger partial charge in [0.25, 0.3) is 0 Å². The van der Waals surface area contributed by atoms with Crippen LogP contribution in [-0.2, 0) is 4.79 Å². The molecule has 0 radical (unpaired) electrons. The van der Waals surface area contributed by atoms with Gasteiger partial charge in [-0.25, -0.2) is 0 Å². The zero-order valence-corrected chi connectivity index (χ0v) is 14.0. The molecule has 4 bridgehead atoms. The van der Waals surface area contributed by atoms with Gasteiger partial charge in [0, 0.05) is 26.2 Å². The van der Waals surface area contributed by atoms with Crippen LogP contribution in [0.3, 0.4) is 0 Å². The van der Waals surface area contributed by atoms with Gasteiger partial charge in [-0.1, -0.05) is 13.8 Å². The quantitative estimate of drug-likeness (QED) is 0.741. The molecule has 2 unspecified atom stereocenters. The Labute approximate surface area is 129 Å². The third-order valence-electron chi connectivity index (χ3n) is 6.87. The Morgan fingerprint density at radius 1 is 0.905 bits per heavy atom. The van der Waals surface area contributed by atoms with E-state index < -0.39 is 0 Å². The minimum atomic E-state index is -0.00116. The summed E-state index contributed by atoms with van der Waals surface area (Å²) < 4.78 is 0. The van der Waals surface area contributed by atoms with E-state index >= 15 is 0 Å². The number of nitrogens with zero attached hydrogens (tertiary/aromatic N) is 2. The maximum absolute atomic E-state index is 13.4. The van der Waals surface area contributed by atoms with E-state index in [1.54, 1.807) is 0 Å².